The molecule has 0 aromatic heterocycles. The molecule has 1 atom stereocenters. The van der Waals surface area contributed by atoms with Crippen molar-refractivity contribution in [2.24, 2.45) is 0 Å². The number of hydrogen-bond donors (Lipinski definition) is 1. The van der Waals surface area contributed by atoms with Crippen LogP contribution >= 0.6 is 0 Å². The van der Waals surface area contributed by atoms with Crippen LogP contribution in [0.15, 0.2) is 0 Å². The van der Waals surface area contributed by atoms with Gasteiger partial charge in [-0.25, -0.2) is 0 Å². The number of nitrogens with one attached hydrogen (secondary N) is 1. The summed E-state index contributed by atoms with van der Waals surface area (Å²) in [6, 6.07) is 0.586. The Labute approximate surface area is 122 Å². The van der Waals surface area contributed by atoms with Crippen molar-refractivity contribution in [3.8, 4) is 0 Å². The third-order valence-electron chi connectivity index (χ3n) is 4.70. The quantitative estimate of drug-likeness (QED) is 0.527. The molecule has 0 bridgehead atoms. The highest BCUT2D eigenvalue weighted by Crippen LogP contribution is 2.21. The standard InChI is InChI=1S/C17H38N2/c1-7-8-9-10-11-12-13-14-15-16(18-4)17(2,3)19(5)6/h16,18H,7-15H2,1-6H3. The third-order valence-corrected chi connectivity index (χ3v) is 4.70. The molecule has 2 nitrogen and oxygen atoms in total. The van der Waals surface area contributed by atoms with E-state index in [4.69, 9.17) is 0 Å². The van der Waals surface area contributed by atoms with Gasteiger partial charge in [-0.15, -0.1) is 0 Å². The van der Waals surface area contributed by atoms with Crippen molar-refractivity contribution < 1.29 is 0 Å². The topological polar surface area (TPSA) is 15.3 Å². The van der Waals surface area contributed by atoms with Gasteiger partial charge in [-0.2, -0.15) is 0 Å². The van der Waals surface area contributed by atoms with Gasteiger partial charge in [0.25, 0.3) is 0 Å². The highest BCUT2D eigenvalue weighted by Gasteiger charge is 2.29. The molecule has 0 rings (SSSR count). The lowest BCUT2D eigenvalue weighted by Gasteiger charge is -2.40. The first-order valence-electron chi connectivity index (χ1n) is 8.31. The largest absolute Gasteiger partial charge is 0.315 e. The van der Waals surface area contributed by atoms with Crippen LogP contribution in [0.1, 0.15) is 78.6 Å². The van der Waals surface area contributed by atoms with Gasteiger partial charge >= 0.3 is 0 Å². The number of likely N-dealkylation sites (N-methyl/N-ethyl adjacent to an activating group) is 2. The molecule has 1 N–H and O–H groups in total. The summed E-state index contributed by atoms with van der Waals surface area (Å²) in [6.07, 6.45) is 12.5. The molecular weight excluding hydrogens is 232 g/mol. The number of hydrogen-bond acceptors (Lipinski definition) is 2. The minimum Gasteiger partial charge on any atom is -0.315 e. The van der Waals surface area contributed by atoms with Gasteiger partial charge in [-0.05, 0) is 41.4 Å². The summed E-state index contributed by atoms with van der Waals surface area (Å²) in [5, 5.41) is 3.50. The lowest BCUT2D eigenvalue weighted by atomic mass is 9.89. The van der Waals surface area contributed by atoms with Gasteiger partial charge in [-0.1, -0.05) is 58.3 Å². The molecule has 0 radical (unpaired) electrons. The predicted molar refractivity (Wildman–Crippen MR) is 87.8 cm³/mol. The molecule has 19 heavy (non-hydrogen) atoms. The van der Waals surface area contributed by atoms with Crippen LogP contribution in [0.3, 0.4) is 0 Å². The summed E-state index contributed by atoms with van der Waals surface area (Å²) in [6.45, 7) is 6.95. The Kier molecular flexibility index (Phi) is 10.6. The first kappa shape index (κ1) is 18.9. The van der Waals surface area contributed by atoms with Crippen LogP contribution in [0.2, 0.25) is 0 Å². The maximum absolute atomic E-state index is 3.50. The second-order valence-electron chi connectivity index (χ2n) is 6.65. The lowest BCUT2D eigenvalue weighted by molar-refractivity contribution is 0.135. The average Bonchev–Trinajstić information content (AvgIpc) is 2.36. The SMILES string of the molecule is CCCCCCCCCCC(NC)C(C)(C)N(C)C. The van der Waals surface area contributed by atoms with Crippen LogP contribution < -0.4 is 5.32 Å². The van der Waals surface area contributed by atoms with Crippen LogP contribution in [0.4, 0.5) is 0 Å². The Bertz CT molecular complexity index is 199. The number of nitrogens with zero attached hydrogens (tertiary/aromatic N) is 1. The molecule has 0 aliphatic carbocycles. The Morgan fingerprint density at radius 2 is 1.37 bits per heavy atom. The van der Waals surface area contributed by atoms with Gasteiger partial charge in [-0.3, -0.25) is 0 Å². The lowest BCUT2D eigenvalue weighted by Crippen LogP contribution is -2.54. The van der Waals surface area contributed by atoms with E-state index in [0.29, 0.717) is 6.04 Å². The van der Waals surface area contributed by atoms with Gasteiger partial charge < -0.3 is 10.2 Å². The monoisotopic (exact) mass is 270 g/mol. The van der Waals surface area contributed by atoms with Crippen molar-refractivity contribution in [1.29, 1.82) is 0 Å². The molecule has 0 aromatic rings. The van der Waals surface area contributed by atoms with E-state index in [9.17, 15) is 0 Å². The molecule has 0 spiro atoms. The highest BCUT2D eigenvalue weighted by molar-refractivity contribution is 4.90. The van der Waals surface area contributed by atoms with Crippen molar-refractivity contribution in [1.82, 2.24) is 10.2 Å². The molecular formula is C17H38N2. The molecule has 0 aliphatic rings. The summed E-state index contributed by atoms with van der Waals surface area (Å²) >= 11 is 0. The van der Waals surface area contributed by atoms with Crippen LogP contribution in [0.5, 0.6) is 0 Å². The van der Waals surface area contributed by atoms with E-state index in [0.717, 1.165) is 0 Å². The molecule has 2 heteroatoms. The van der Waals surface area contributed by atoms with E-state index in [1.165, 1.54) is 57.8 Å². The normalized spacial score (nSPS) is 14.1. The summed E-state index contributed by atoms with van der Waals surface area (Å²) in [4.78, 5) is 2.33. The van der Waals surface area contributed by atoms with Crippen molar-refractivity contribution in [2.75, 3.05) is 21.1 Å². The molecule has 0 saturated heterocycles. The Morgan fingerprint density at radius 1 is 0.895 bits per heavy atom. The molecule has 0 heterocycles. The van der Waals surface area contributed by atoms with Crippen molar-refractivity contribution in [3.63, 3.8) is 0 Å². The van der Waals surface area contributed by atoms with Gasteiger partial charge in [0.2, 0.25) is 0 Å². The van der Waals surface area contributed by atoms with Crippen molar-refractivity contribution in [3.05, 3.63) is 0 Å². The molecule has 116 valence electrons. The molecule has 0 amide bonds. The summed E-state index contributed by atoms with van der Waals surface area (Å²) in [7, 11) is 6.46. The fraction of sp³-hybridized carbons (Fsp3) is 1.00. The maximum atomic E-state index is 3.50. The molecule has 1 unspecified atom stereocenters. The number of unbranched alkanes of at least 4 members (excludes halogenated alkanes) is 7. The van der Waals surface area contributed by atoms with E-state index in [-0.39, 0.29) is 5.54 Å². The van der Waals surface area contributed by atoms with Crippen LogP contribution in [-0.4, -0.2) is 37.6 Å². The van der Waals surface area contributed by atoms with Crippen LogP contribution in [-0.2, 0) is 0 Å². The Balaban J connectivity index is 3.68. The van der Waals surface area contributed by atoms with Gasteiger partial charge in [0.15, 0.2) is 0 Å². The van der Waals surface area contributed by atoms with Gasteiger partial charge in [0.1, 0.15) is 0 Å². The highest BCUT2D eigenvalue weighted by atomic mass is 15.2. The fourth-order valence-electron chi connectivity index (χ4n) is 2.64. The molecule has 0 saturated carbocycles. The van der Waals surface area contributed by atoms with Gasteiger partial charge in [0.05, 0.1) is 0 Å². The zero-order chi connectivity index (χ0) is 14.7. The zero-order valence-electron chi connectivity index (χ0n) is 14.4. The van der Waals surface area contributed by atoms with Crippen molar-refractivity contribution >= 4 is 0 Å². The first-order chi connectivity index (χ1) is 8.96. The second kappa shape index (κ2) is 10.7. The fourth-order valence-corrected chi connectivity index (χ4v) is 2.64. The molecule has 0 fully saturated rings. The third kappa shape index (κ3) is 7.94. The van der Waals surface area contributed by atoms with E-state index >= 15 is 0 Å². The maximum Gasteiger partial charge on any atom is 0.0300 e. The van der Waals surface area contributed by atoms with Crippen LogP contribution in [0, 0.1) is 0 Å². The Morgan fingerprint density at radius 3 is 1.79 bits per heavy atom. The number of rotatable bonds is 12. The summed E-state index contributed by atoms with van der Waals surface area (Å²) in [5.41, 5.74) is 0.232. The summed E-state index contributed by atoms with van der Waals surface area (Å²) < 4.78 is 0. The minimum atomic E-state index is 0.232. The van der Waals surface area contributed by atoms with E-state index in [1.54, 1.807) is 0 Å². The second-order valence-corrected chi connectivity index (χ2v) is 6.65. The zero-order valence-corrected chi connectivity index (χ0v) is 14.4. The Hall–Kier alpha value is -0.0800. The van der Waals surface area contributed by atoms with E-state index in [2.05, 4.69) is 52.1 Å². The van der Waals surface area contributed by atoms with E-state index < -0.39 is 0 Å². The average molecular weight is 271 g/mol. The first-order valence-corrected chi connectivity index (χ1v) is 8.31. The molecule has 0 aromatic carbocycles. The van der Waals surface area contributed by atoms with Crippen LogP contribution in [0.25, 0.3) is 0 Å². The smallest absolute Gasteiger partial charge is 0.0300 e. The predicted octanol–water partition coefficient (Wildman–Crippen LogP) is 4.45. The molecule has 0 aliphatic heterocycles. The minimum absolute atomic E-state index is 0.232. The van der Waals surface area contributed by atoms with E-state index in [1.807, 2.05) is 0 Å². The van der Waals surface area contributed by atoms with Crippen molar-refractivity contribution in [2.45, 2.75) is 90.1 Å². The van der Waals surface area contributed by atoms with Gasteiger partial charge in [0, 0.05) is 11.6 Å². The summed E-state index contributed by atoms with van der Waals surface area (Å²) in [5.74, 6) is 0.